The van der Waals surface area contributed by atoms with Gasteiger partial charge in [0.2, 0.25) is 5.95 Å². The van der Waals surface area contributed by atoms with Crippen molar-refractivity contribution in [2.45, 2.75) is 0 Å². The molecule has 8 aromatic carbocycles. The van der Waals surface area contributed by atoms with Gasteiger partial charge in [-0.3, -0.25) is 4.57 Å². The lowest BCUT2D eigenvalue weighted by molar-refractivity contribution is 0.668. The third-order valence-electron chi connectivity index (χ3n) is 11.1. The zero-order chi connectivity index (χ0) is 37.5. The first-order valence-electron chi connectivity index (χ1n) is 19.0. The van der Waals surface area contributed by atoms with E-state index in [2.05, 4.69) is 138 Å². The van der Waals surface area contributed by atoms with Crippen molar-refractivity contribution in [1.29, 1.82) is 0 Å². The molecule has 0 saturated carbocycles. The van der Waals surface area contributed by atoms with Crippen LogP contribution in [0.1, 0.15) is 0 Å². The van der Waals surface area contributed by atoms with Gasteiger partial charge in [-0.2, -0.15) is 9.97 Å². The number of nitrogens with zero attached hydrogens (tertiary/aromatic N) is 4. The predicted octanol–water partition coefficient (Wildman–Crippen LogP) is 13.4. The van der Waals surface area contributed by atoms with Crippen LogP contribution < -0.4 is 0 Å². The zero-order valence-electron chi connectivity index (χ0n) is 30.4. The van der Waals surface area contributed by atoms with Crippen molar-refractivity contribution in [2.24, 2.45) is 0 Å². The summed E-state index contributed by atoms with van der Waals surface area (Å²) in [6.07, 6.45) is 0. The van der Waals surface area contributed by atoms with Crippen molar-refractivity contribution in [3.8, 4) is 51.0 Å². The van der Waals surface area contributed by atoms with E-state index in [-0.39, 0.29) is 0 Å². The number of benzene rings is 8. The quantitative estimate of drug-likeness (QED) is 0.176. The van der Waals surface area contributed by atoms with Crippen LogP contribution in [0.25, 0.3) is 117 Å². The van der Waals surface area contributed by atoms with Crippen LogP contribution in [0.4, 0.5) is 0 Å². The van der Waals surface area contributed by atoms with Crippen LogP contribution in [-0.4, -0.2) is 19.5 Å². The van der Waals surface area contributed by atoms with Gasteiger partial charge in [-0.05, 0) is 59.2 Å². The Labute approximate surface area is 325 Å². The SMILES string of the molecule is c1ccc(-c2nc(-c3ccc(-c4cccc5c4oc4cc(-c6ccc7c(c6)oc6ccccc67)ccc45)cc3)nc(-n3c4ccccc4c4ccccc43)n2)cc1. The maximum Gasteiger partial charge on any atom is 0.238 e. The maximum absolute atomic E-state index is 6.68. The molecule has 0 saturated heterocycles. The van der Waals surface area contributed by atoms with E-state index in [4.69, 9.17) is 23.8 Å². The molecule has 0 spiro atoms. The topological polar surface area (TPSA) is 69.9 Å². The third kappa shape index (κ3) is 5.01. The van der Waals surface area contributed by atoms with Crippen LogP contribution in [0, 0.1) is 0 Å². The van der Waals surface area contributed by atoms with E-state index in [1.165, 1.54) is 0 Å². The van der Waals surface area contributed by atoms with E-state index in [1.807, 2.05) is 48.5 Å². The highest BCUT2D eigenvalue weighted by atomic mass is 16.3. The lowest BCUT2D eigenvalue weighted by Gasteiger charge is -2.11. The van der Waals surface area contributed by atoms with Crippen LogP contribution in [0.5, 0.6) is 0 Å². The highest BCUT2D eigenvalue weighted by Gasteiger charge is 2.19. The Morgan fingerprint density at radius 3 is 1.54 bits per heavy atom. The molecule has 4 aromatic heterocycles. The van der Waals surface area contributed by atoms with E-state index >= 15 is 0 Å². The molecule has 266 valence electrons. The first-order chi connectivity index (χ1) is 28.2. The van der Waals surface area contributed by atoms with Gasteiger partial charge in [-0.1, -0.05) is 140 Å². The number of hydrogen-bond donors (Lipinski definition) is 0. The predicted molar refractivity (Wildman–Crippen MR) is 230 cm³/mol. The van der Waals surface area contributed by atoms with Gasteiger partial charge < -0.3 is 8.83 Å². The standard InChI is InChI=1S/C51H30N4O2/c1-2-11-32(12-3-1)49-52-50(54-51(53-49)55-43-18-7-4-13-37(43)38-14-5-8-19-44(38)55)33-23-21-31(22-24-33)36-16-10-17-42-41-28-26-35(30-47(41)57-48(36)42)34-25-27-40-39-15-6-9-20-45(39)56-46(40)29-34/h1-30H. The monoisotopic (exact) mass is 730 g/mol. The van der Waals surface area contributed by atoms with Crippen LogP contribution in [-0.2, 0) is 0 Å². The smallest absolute Gasteiger partial charge is 0.238 e. The minimum absolute atomic E-state index is 0.573. The Kier molecular flexibility index (Phi) is 6.83. The minimum Gasteiger partial charge on any atom is -0.456 e. The fourth-order valence-corrected chi connectivity index (χ4v) is 8.36. The minimum atomic E-state index is 0.573. The Morgan fingerprint density at radius 2 is 0.842 bits per heavy atom. The van der Waals surface area contributed by atoms with Crippen molar-refractivity contribution < 1.29 is 8.83 Å². The van der Waals surface area contributed by atoms with Gasteiger partial charge in [-0.25, -0.2) is 4.98 Å². The molecule has 6 nitrogen and oxygen atoms in total. The van der Waals surface area contributed by atoms with E-state index in [9.17, 15) is 0 Å². The summed E-state index contributed by atoms with van der Waals surface area (Å²) < 4.78 is 15.0. The Hall–Kier alpha value is -7.83. The van der Waals surface area contributed by atoms with Gasteiger partial charge in [-0.15, -0.1) is 0 Å². The summed E-state index contributed by atoms with van der Waals surface area (Å²) >= 11 is 0. The normalized spacial score (nSPS) is 11.9. The highest BCUT2D eigenvalue weighted by Crippen LogP contribution is 2.39. The van der Waals surface area contributed by atoms with Gasteiger partial charge in [0.25, 0.3) is 0 Å². The van der Waals surface area contributed by atoms with Crippen LogP contribution >= 0.6 is 0 Å². The van der Waals surface area contributed by atoms with Gasteiger partial charge >= 0.3 is 0 Å². The van der Waals surface area contributed by atoms with Crippen molar-refractivity contribution in [1.82, 2.24) is 19.5 Å². The van der Waals surface area contributed by atoms with Gasteiger partial charge in [0.05, 0.1) is 11.0 Å². The lowest BCUT2D eigenvalue weighted by atomic mass is 9.99. The van der Waals surface area contributed by atoms with E-state index < -0.39 is 0 Å². The number of aromatic nitrogens is 4. The Morgan fingerprint density at radius 1 is 0.333 bits per heavy atom. The number of furan rings is 2. The molecule has 12 aromatic rings. The zero-order valence-corrected chi connectivity index (χ0v) is 30.4. The van der Waals surface area contributed by atoms with Gasteiger partial charge in [0.1, 0.15) is 22.3 Å². The Bertz CT molecular complexity index is 3470. The van der Waals surface area contributed by atoms with Crippen LogP contribution in [0.2, 0.25) is 0 Å². The van der Waals surface area contributed by atoms with Gasteiger partial charge in [0, 0.05) is 49.0 Å². The molecule has 0 radical (unpaired) electrons. The number of rotatable bonds is 5. The van der Waals surface area contributed by atoms with E-state index in [0.29, 0.717) is 17.6 Å². The molecule has 0 amide bonds. The Balaban J connectivity index is 0.945. The average molecular weight is 731 g/mol. The van der Waals surface area contributed by atoms with Crippen molar-refractivity contribution in [3.63, 3.8) is 0 Å². The molecule has 57 heavy (non-hydrogen) atoms. The highest BCUT2D eigenvalue weighted by molar-refractivity contribution is 6.11. The number of fused-ring (bicyclic) bond motifs is 9. The van der Waals surface area contributed by atoms with Crippen LogP contribution in [0.3, 0.4) is 0 Å². The second-order valence-corrected chi connectivity index (χ2v) is 14.4. The molecule has 0 fully saturated rings. The van der Waals surface area contributed by atoms with E-state index in [0.717, 1.165) is 99.1 Å². The molecule has 0 aliphatic carbocycles. The molecular formula is C51H30N4O2. The summed E-state index contributed by atoms with van der Waals surface area (Å²) in [7, 11) is 0. The lowest BCUT2D eigenvalue weighted by Crippen LogP contribution is -2.06. The summed E-state index contributed by atoms with van der Waals surface area (Å²) in [5.74, 6) is 1.79. The van der Waals surface area contributed by atoms with Crippen molar-refractivity contribution in [3.05, 3.63) is 182 Å². The molecule has 0 N–H and O–H groups in total. The largest absolute Gasteiger partial charge is 0.456 e. The molecule has 6 heteroatoms. The first-order valence-corrected chi connectivity index (χ1v) is 19.0. The molecule has 4 heterocycles. The van der Waals surface area contributed by atoms with Crippen molar-refractivity contribution >= 4 is 65.7 Å². The summed E-state index contributed by atoms with van der Waals surface area (Å²) in [4.78, 5) is 15.2. The van der Waals surface area contributed by atoms with Crippen LogP contribution in [0.15, 0.2) is 191 Å². The summed E-state index contributed by atoms with van der Waals surface area (Å²) in [6, 6.07) is 62.7. The summed E-state index contributed by atoms with van der Waals surface area (Å²) in [5, 5.41) is 6.70. The van der Waals surface area contributed by atoms with Gasteiger partial charge in [0.15, 0.2) is 11.6 Å². The molecule has 12 rings (SSSR count). The number of hydrogen-bond acceptors (Lipinski definition) is 5. The maximum atomic E-state index is 6.68. The molecule has 0 unspecified atom stereocenters. The fourth-order valence-electron chi connectivity index (χ4n) is 8.36. The number of para-hydroxylation sites is 4. The second-order valence-electron chi connectivity index (χ2n) is 14.4. The molecule has 0 bridgehead atoms. The molecular weight excluding hydrogens is 701 g/mol. The third-order valence-corrected chi connectivity index (χ3v) is 11.1. The average Bonchev–Trinajstić information content (AvgIpc) is 3.95. The molecule has 0 aliphatic rings. The summed E-state index contributed by atoms with van der Waals surface area (Å²) in [5.41, 5.74) is 11.6. The first kappa shape index (κ1) is 31.5. The second kappa shape index (κ2) is 12.3. The van der Waals surface area contributed by atoms with E-state index in [1.54, 1.807) is 0 Å². The fraction of sp³-hybridized carbons (Fsp3) is 0. The molecule has 0 atom stereocenters. The summed E-state index contributed by atoms with van der Waals surface area (Å²) in [6.45, 7) is 0. The van der Waals surface area contributed by atoms with Crippen molar-refractivity contribution in [2.75, 3.05) is 0 Å². The molecule has 0 aliphatic heterocycles.